The Morgan fingerprint density at radius 2 is 2.62 bits per heavy atom. The molecule has 1 rings (SSSR count). The van der Waals surface area contributed by atoms with Gasteiger partial charge in [-0.05, 0) is 6.92 Å². The molecule has 3 nitrogen and oxygen atoms in total. The number of aliphatic hydroxyl groups excluding tert-OH is 1. The molecule has 0 saturated heterocycles. The van der Waals surface area contributed by atoms with Crippen molar-refractivity contribution in [3.63, 3.8) is 0 Å². The molecule has 3 heteroatoms. The molecular formula is C5H6NO2. The van der Waals surface area contributed by atoms with Crippen molar-refractivity contribution in [1.82, 2.24) is 5.16 Å². The van der Waals surface area contributed by atoms with E-state index in [1.165, 1.54) is 6.26 Å². The highest BCUT2D eigenvalue weighted by Gasteiger charge is 2.01. The number of rotatable bonds is 1. The van der Waals surface area contributed by atoms with Crippen molar-refractivity contribution in [3.05, 3.63) is 24.9 Å². The van der Waals surface area contributed by atoms with Gasteiger partial charge in [0.05, 0.1) is 6.10 Å². The Labute approximate surface area is 46.9 Å². The Kier molecular flexibility index (Phi) is 1.30. The highest BCUT2D eigenvalue weighted by Crippen LogP contribution is 2.05. The second-order valence-corrected chi connectivity index (χ2v) is 1.44. The Bertz CT molecular complexity index is 145. The third-order valence-corrected chi connectivity index (χ3v) is 0.799. The molecule has 0 aromatic carbocycles. The summed E-state index contributed by atoms with van der Waals surface area (Å²) in [4.78, 5) is 0. The Hall–Kier alpha value is -0.830. The topological polar surface area (TPSA) is 46.3 Å². The zero-order valence-electron chi connectivity index (χ0n) is 4.24. The zero-order chi connectivity index (χ0) is 5.98. The summed E-state index contributed by atoms with van der Waals surface area (Å²) in [6.07, 6.45) is 0.623. The van der Waals surface area contributed by atoms with Crippen molar-refractivity contribution in [1.29, 1.82) is 0 Å². The first-order chi connectivity index (χ1) is 3.80. The molecule has 1 radical (unpaired) electrons. The van der Waals surface area contributed by atoms with Gasteiger partial charge in [-0.15, -0.1) is 0 Å². The van der Waals surface area contributed by atoms with Gasteiger partial charge in [-0.2, -0.15) is 0 Å². The van der Waals surface area contributed by atoms with Gasteiger partial charge in [0.25, 0.3) is 0 Å². The molecule has 0 aliphatic carbocycles. The van der Waals surface area contributed by atoms with Gasteiger partial charge < -0.3 is 9.63 Å². The maximum atomic E-state index is 8.68. The molecule has 1 unspecified atom stereocenters. The predicted molar refractivity (Wildman–Crippen MR) is 26.8 cm³/mol. The van der Waals surface area contributed by atoms with E-state index in [2.05, 4.69) is 16.6 Å². The van der Waals surface area contributed by atoms with Crippen LogP contribution < -0.4 is 0 Å². The fourth-order valence-electron chi connectivity index (χ4n) is 0.394. The van der Waals surface area contributed by atoms with Crippen molar-refractivity contribution in [2.24, 2.45) is 0 Å². The van der Waals surface area contributed by atoms with Gasteiger partial charge in [-0.3, -0.25) is 0 Å². The van der Waals surface area contributed by atoms with Crippen molar-refractivity contribution < 1.29 is 9.63 Å². The fourth-order valence-corrected chi connectivity index (χ4v) is 0.394. The minimum Gasteiger partial charge on any atom is -0.387 e. The van der Waals surface area contributed by atoms with E-state index < -0.39 is 6.10 Å². The molecule has 8 heavy (non-hydrogen) atoms. The van der Waals surface area contributed by atoms with E-state index >= 15 is 0 Å². The molecule has 43 valence electrons. The number of aromatic nitrogens is 1. The summed E-state index contributed by atoms with van der Waals surface area (Å²) >= 11 is 0. The Morgan fingerprint density at radius 1 is 1.88 bits per heavy atom. The highest BCUT2D eigenvalue weighted by molar-refractivity contribution is 5.00. The molecular weight excluding hydrogens is 106 g/mol. The van der Waals surface area contributed by atoms with E-state index in [1.807, 2.05) is 0 Å². The first-order valence-corrected chi connectivity index (χ1v) is 2.22. The van der Waals surface area contributed by atoms with Gasteiger partial charge in [0.15, 0.2) is 0 Å². The lowest BCUT2D eigenvalue weighted by molar-refractivity contribution is 0.213. The molecule has 0 saturated carbocycles. The van der Waals surface area contributed by atoms with E-state index in [0.29, 0.717) is 5.69 Å². The SMILES string of the molecule is [CH2]C(O)c1ccon1. The summed E-state index contributed by atoms with van der Waals surface area (Å²) in [6, 6.07) is 1.57. The maximum Gasteiger partial charge on any atom is 0.124 e. The third kappa shape index (κ3) is 0.869. The molecule has 0 amide bonds. The van der Waals surface area contributed by atoms with Crippen molar-refractivity contribution in [2.75, 3.05) is 0 Å². The van der Waals surface area contributed by atoms with Gasteiger partial charge in [-0.25, -0.2) is 0 Å². The standard InChI is InChI=1S/C5H6NO2/c1-4(7)5-2-3-8-6-5/h2-4,7H,1H2. The van der Waals surface area contributed by atoms with Crippen LogP contribution in [0, 0.1) is 6.92 Å². The number of hydrogen-bond acceptors (Lipinski definition) is 3. The Balaban J connectivity index is 2.77. The van der Waals surface area contributed by atoms with Gasteiger partial charge in [0.2, 0.25) is 0 Å². The van der Waals surface area contributed by atoms with Crippen LogP contribution in [0.5, 0.6) is 0 Å². The largest absolute Gasteiger partial charge is 0.387 e. The van der Waals surface area contributed by atoms with Crippen LogP contribution in [0.15, 0.2) is 16.9 Å². The fraction of sp³-hybridized carbons (Fsp3) is 0.200. The van der Waals surface area contributed by atoms with E-state index in [4.69, 9.17) is 5.11 Å². The van der Waals surface area contributed by atoms with Gasteiger partial charge in [0.1, 0.15) is 12.0 Å². The average Bonchev–Trinajstić information content (AvgIpc) is 2.12. The van der Waals surface area contributed by atoms with Crippen molar-refractivity contribution in [3.8, 4) is 0 Å². The third-order valence-electron chi connectivity index (χ3n) is 0.799. The molecule has 0 aliphatic rings. The van der Waals surface area contributed by atoms with Crippen molar-refractivity contribution in [2.45, 2.75) is 6.10 Å². The second kappa shape index (κ2) is 1.96. The zero-order valence-corrected chi connectivity index (χ0v) is 4.24. The highest BCUT2D eigenvalue weighted by atomic mass is 16.5. The minimum absolute atomic E-state index is 0.463. The quantitative estimate of drug-likeness (QED) is 0.576. The summed E-state index contributed by atoms with van der Waals surface area (Å²) in [7, 11) is 0. The number of aliphatic hydroxyl groups is 1. The molecule has 0 bridgehead atoms. The normalized spacial score (nSPS) is 13.8. The lowest BCUT2D eigenvalue weighted by Gasteiger charge is -1.92. The lowest BCUT2D eigenvalue weighted by atomic mass is 10.3. The van der Waals surface area contributed by atoms with Gasteiger partial charge in [0, 0.05) is 6.07 Å². The van der Waals surface area contributed by atoms with Gasteiger partial charge >= 0.3 is 0 Å². The molecule has 1 aromatic rings. The van der Waals surface area contributed by atoms with Crippen LogP contribution >= 0.6 is 0 Å². The predicted octanol–water partition coefficient (Wildman–Crippen LogP) is 0.542. The molecule has 1 aromatic heterocycles. The van der Waals surface area contributed by atoms with Crippen LogP contribution in [0.2, 0.25) is 0 Å². The molecule has 0 fully saturated rings. The molecule has 1 heterocycles. The van der Waals surface area contributed by atoms with E-state index in [9.17, 15) is 0 Å². The Morgan fingerprint density at radius 3 is 2.88 bits per heavy atom. The average molecular weight is 112 g/mol. The first kappa shape index (κ1) is 5.31. The van der Waals surface area contributed by atoms with E-state index in [1.54, 1.807) is 6.07 Å². The summed E-state index contributed by atoms with van der Waals surface area (Å²) in [5.41, 5.74) is 0.463. The van der Waals surface area contributed by atoms with Gasteiger partial charge in [-0.1, -0.05) is 5.16 Å². The van der Waals surface area contributed by atoms with Crippen LogP contribution in [0.25, 0.3) is 0 Å². The van der Waals surface area contributed by atoms with E-state index in [0.717, 1.165) is 0 Å². The van der Waals surface area contributed by atoms with Crippen LogP contribution in [0.4, 0.5) is 0 Å². The molecule has 0 spiro atoms. The van der Waals surface area contributed by atoms with Crippen LogP contribution in [0.3, 0.4) is 0 Å². The summed E-state index contributed by atoms with van der Waals surface area (Å²) in [5.74, 6) is 0. The van der Waals surface area contributed by atoms with Crippen LogP contribution in [0.1, 0.15) is 11.8 Å². The maximum absolute atomic E-state index is 8.68. The number of hydrogen-bond donors (Lipinski definition) is 1. The second-order valence-electron chi connectivity index (χ2n) is 1.44. The summed E-state index contributed by atoms with van der Waals surface area (Å²) in [6.45, 7) is 3.31. The van der Waals surface area contributed by atoms with Crippen molar-refractivity contribution >= 4 is 0 Å². The van der Waals surface area contributed by atoms with E-state index in [-0.39, 0.29) is 0 Å². The number of nitrogens with zero attached hydrogens (tertiary/aromatic N) is 1. The van der Waals surface area contributed by atoms with Crippen LogP contribution in [-0.4, -0.2) is 10.3 Å². The summed E-state index contributed by atoms with van der Waals surface area (Å²) < 4.78 is 4.43. The lowest BCUT2D eigenvalue weighted by Crippen LogP contribution is -1.89. The summed E-state index contributed by atoms with van der Waals surface area (Å²) in [5, 5.41) is 12.1. The molecule has 0 aliphatic heterocycles. The molecule has 1 N–H and O–H groups in total. The minimum atomic E-state index is -0.770. The first-order valence-electron chi connectivity index (χ1n) is 2.22. The van der Waals surface area contributed by atoms with Crippen LogP contribution in [-0.2, 0) is 0 Å². The molecule has 1 atom stereocenters. The smallest absolute Gasteiger partial charge is 0.124 e. The monoisotopic (exact) mass is 112 g/mol.